The van der Waals surface area contributed by atoms with E-state index in [1.165, 1.54) is 12.1 Å². The largest absolute Gasteiger partial charge is 0.383 e. The van der Waals surface area contributed by atoms with Crippen LogP contribution in [-0.4, -0.2) is 19.8 Å². The third-order valence-corrected chi connectivity index (χ3v) is 3.36. The standard InChI is InChI=1S/C15H23F2NO/c1-9(2)15(8-19-5)18-11(4)12-7-13(16)10(3)6-14(12)17/h6-7,9,11,15,18H,8H2,1-5H3. The maximum Gasteiger partial charge on any atom is 0.128 e. The molecule has 2 unspecified atom stereocenters. The summed E-state index contributed by atoms with van der Waals surface area (Å²) in [5.74, 6) is -0.405. The number of rotatable bonds is 6. The lowest BCUT2D eigenvalue weighted by atomic mass is 10.0. The van der Waals surface area contributed by atoms with E-state index in [1.807, 2.05) is 6.92 Å². The van der Waals surface area contributed by atoms with E-state index in [0.29, 0.717) is 23.7 Å². The summed E-state index contributed by atoms with van der Waals surface area (Å²) in [4.78, 5) is 0. The van der Waals surface area contributed by atoms with Gasteiger partial charge in [0.2, 0.25) is 0 Å². The smallest absolute Gasteiger partial charge is 0.128 e. The van der Waals surface area contributed by atoms with E-state index < -0.39 is 0 Å². The maximum absolute atomic E-state index is 13.9. The minimum atomic E-state index is -0.377. The Kier molecular flexibility index (Phi) is 5.88. The summed E-state index contributed by atoms with van der Waals surface area (Å²) in [7, 11) is 1.63. The number of hydrogen-bond donors (Lipinski definition) is 1. The fraction of sp³-hybridized carbons (Fsp3) is 0.600. The first kappa shape index (κ1) is 16.1. The van der Waals surface area contributed by atoms with Gasteiger partial charge in [-0.15, -0.1) is 0 Å². The molecule has 0 aliphatic heterocycles. The molecule has 1 aromatic carbocycles. The first-order chi connectivity index (χ1) is 8.86. The van der Waals surface area contributed by atoms with Crippen molar-refractivity contribution in [3.63, 3.8) is 0 Å². The summed E-state index contributed by atoms with van der Waals surface area (Å²) in [6.07, 6.45) is 0. The molecule has 0 spiro atoms. The Morgan fingerprint density at radius 3 is 2.32 bits per heavy atom. The van der Waals surface area contributed by atoms with Gasteiger partial charge < -0.3 is 10.1 Å². The SMILES string of the molecule is COCC(NC(C)c1cc(F)c(C)cc1F)C(C)C. The molecule has 108 valence electrons. The molecular formula is C15H23F2NO. The van der Waals surface area contributed by atoms with Gasteiger partial charge in [0.1, 0.15) is 11.6 Å². The van der Waals surface area contributed by atoms with Crippen molar-refractivity contribution < 1.29 is 13.5 Å². The first-order valence-electron chi connectivity index (χ1n) is 6.57. The molecule has 1 N–H and O–H groups in total. The van der Waals surface area contributed by atoms with E-state index in [2.05, 4.69) is 19.2 Å². The van der Waals surface area contributed by atoms with Crippen molar-refractivity contribution in [2.75, 3.05) is 13.7 Å². The molecule has 4 heteroatoms. The van der Waals surface area contributed by atoms with Crippen molar-refractivity contribution in [3.05, 3.63) is 34.9 Å². The van der Waals surface area contributed by atoms with Crippen LogP contribution in [0.3, 0.4) is 0 Å². The van der Waals surface area contributed by atoms with Gasteiger partial charge in [-0.1, -0.05) is 13.8 Å². The minimum absolute atomic E-state index is 0.101. The molecule has 0 bridgehead atoms. The fourth-order valence-corrected chi connectivity index (χ4v) is 2.02. The van der Waals surface area contributed by atoms with Crippen LogP contribution in [0.15, 0.2) is 12.1 Å². The number of hydrogen-bond acceptors (Lipinski definition) is 2. The lowest BCUT2D eigenvalue weighted by Gasteiger charge is -2.26. The third kappa shape index (κ3) is 4.25. The summed E-state index contributed by atoms with van der Waals surface area (Å²) in [6, 6.07) is 2.34. The van der Waals surface area contributed by atoms with E-state index in [9.17, 15) is 8.78 Å². The third-order valence-electron chi connectivity index (χ3n) is 3.36. The summed E-state index contributed by atoms with van der Waals surface area (Å²) in [6.45, 7) is 8.06. The molecule has 1 rings (SSSR count). The van der Waals surface area contributed by atoms with Crippen molar-refractivity contribution in [2.24, 2.45) is 5.92 Å². The maximum atomic E-state index is 13.9. The second-order valence-electron chi connectivity index (χ2n) is 5.32. The van der Waals surface area contributed by atoms with Crippen molar-refractivity contribution in [3.8, 4) is 0 Å². The zero-order valence-corrected chi connectivity index (χ0v) is 12.3. The Bertz CT molecular complexity index is 421. The van der Waals surface area contributed by atoms with Crippen molar-refractivity contribution >= 4 is 0 Å². The Morgan fingerprint density at radius 2 is 1.79 bits per heavy atom. The highest BCUT2D eigenvalue weighted by atomic mass is 19.1. The van der Waals surface area contributed by atoms with E-state index >= 15 is 0 Å². The molecule has 0 heterocycles. The number of ether oxygens (including phenoxy) is 1. The molecule has 0 aliphatic carbocycles. The van der Waals surface area contributed by atoms with E-state index in [0.717, 1.165) is 0 Å². The van der Waals surface area contributed by atoms with Crippen LogP contribution in [0.4, 0.5) is 8.78 Å². The molecule has 1 aromatic rings. The zero-order valence-electron chi connectivity index (χ0n) is 12.3. The molecular weight excluding hydrogens is 248 g/mol. The number of nitrogens with one attached hydrogen (secondary N) is 1. The summed E-state index contributed by atoms with van der Waals surface area (Å²) >= 11 is 0. The first-order valence-corrected chi connectivity index (χ1v) is 6.57. The molecule has 0 aliphatic rings. The van der Waals surface area contributed by atoms with Gasteiger partial charge in [-0.3, -0.25) is 0 Å². The van der Waals surface area contributed by atoms with Crippen LogP contribution in [0.1, 0.15) is 37.9 Å². The Hall–Kier alpha value is -1.00. The van der Waals surface area contributed by atoms with Crippen LogP contribution < -0.4 is 5.32 Å². The van der Waals surface area contributed by atoms with Gasteiger partial charge >= 0.3 is 0 Å². The summed E-state index contributed by atoms with van der Waals surface area (Å²) in [5, 5.41) is 3.29. The lowest BCUT2D eigenvalue weighted by molar-refractivity contribution is 0.141. The predicted molar refractivity (Wildman–Crippen MR) is 73.1 cm³/mol. The number of halogens is 2. The number of benzene rings is 1. The van der Waals surface area contributed by atoms with Gasteiger partial charge in [-0.2, -0.15) is 0 Å². The molecule has 0 amide bonds. The van der Waals surface area contributed by atoms with Crippen LogP contribution >= 0.6 is 0 Å². The van der Waals surface area contributed by atoms with Gasteiger partial charge in [-0.05, 0) is 37.5 Å². The van der Waals surface area contributed by atoms with Crippen LogP contribution in [0, 0.1) is 24.5 Å². The zero-order chi connectivity index (χ0) is 14.6. The van der Waals surface area contributed by atoms with Gasteiger partial charge in [0.05, 0.1) is 6.61 Å². The van der Waals surface area contributed by atoms with Gasteiger partial charge in [0.25, 0.3) is 0 Å². The fourth-order valence-electron chi connectivity index (χ4n) is 2.02. The molecule has 19 heavy (non-hydrogen) atoms. The molecule has 0 saturated carbocycles. The Morgan fingerprint density at radius 1 is 1.16 bits per heavy atom. The molecule has 2 nitrogen and oxygen atoms in total. The molecule has 0 fully saturated rings. The highest BCUT2D eigenvalue weighted by Gasteiger charge is 2.19. The monoisotopic (exact) mass is 271 g/mol. The van der Waals surface area contributed by atoms with Crippen molar-refractivity contribution in [1.82, 2.24) is 5.32 Å². The van der Waals surface area contributed by atoms with E-state index in [-0.39, 0.29) is 23.7 Å². The van der Waals surface area contributed by atoms with Crippen molar-refractivity contribution in [1.29, 1.82) is 0 Å². The Labute approximate surface area is 114 Å². The van der Waals surface area contributed by atoms with Gasteiger partial charge in [-0.25, -0.2) is 8.78 Å². The van der Waals surface area contributed by atoms with Crippen molar-refractivity contribution in [2.45, 2.75) is 39.8 Å². The molecule has 2 atom stereocenters. The number of aryl methyl sites for hydroxylation is 1. The summed E-state index contributed by atoms with van der Waals surface area (Å²) < 4.78 is 32.6. The molecule has 0 saturated heterocycles. The van der Waals surface area contributed by atoms with Crippen LogP contribution in [0.2, 0.25) is 0 Å². The highest BCUT2D eigenvalue weighted by Crippen LogP contribution is 2.21. The quantitative estimate of drug-likeness (QED) is 0.853. The molecule has 0 radical (unpaired) electrons. The minimum Gasteiger partial charge on any atom is -0.383 e. The second kappa shape index (κ2) is 6.96. The Balaban J connectivity index is 2.87. The van der Waals surface area contributed by atoms with E-state index in [1.54, 1.807) is 14.0 Å². The predicted octanol–water partition coefficient (Wildman–Crippen LogP) is 3.59. The second-order valence-corrected chi connectivity index (χ2v) is 5.32. The number of methoxy groups -OCH3 is 1. The van der Waals surface area contributed by atoms with Gasteiger partial charge in [0, 0.05) is 24.8 Å². The van der Waals surface area contributed by atoms with Gasteiger partial charge in [0.15, 0.2) is 0 Å². The summed E-state index contributed by atoms with van der Waals surface area (Å²) in [5.41, 5.74) is 0.676. The van der Waals surface area contributed by atoms with Crippen LogP contribution in [-0.2, 0) is 4.74 Å². The van der Waals surface area contributed by atoms with Crippen LogP contribution in [0.25, 0.3) is 0 Å². The average Bonchev–Trinajstić information content (AvgIpc) is 2.32. The van der Waals surface area contributed by atoms with Crippen LogP contribution in [0.5, 0.6) is 0 Å². The topological polar surface area (TPSA) is 21.3 Å². The molecule has 0 aromatic heterocycles. The highest BCUT2D eigenvalue weighted by molar-refractivity contribution is 5.27. The van der Waals surface area contributed by atoms with E-state index in [4.69, 9.17) is 4.74 Å². The average molecular weight is 271 g/mol. The normalized spacial score (nSPS) is 14.7. The lowest BCUT2D eigenvalue weighted by Crippen LogP contribution is -2.39.